The van der Waals surface area contributed by atoms with E-state index in [0.717, 1.165) is 42.2 Å². The Kier molecular flexibility index (Phi) is 6.80. The van der Waals surface area contributed by atoms with Crippen LogP contribution in [0.15, 0.2) is 14.8 Å². The van der Waals surface area contributed by atoms with E-state index in [4.69, 9.17) is 9.47 Å². The van der Waals surface area contributed by atoms with Gasteiger partial charge in [0, 0.05) is 32.4 Å². The Balaban J connectivity index is 1.63. The molecule has 0 unspecified atom stereocenters. The number of nitrogens with zero attached hydrogens (tertiary/aromatic N) is 2. The summed E-state index contributed by atoms with van der Waals surface area (Å²) in [5.41, 5.74) is 0.831. The van der Waals surface area contributed by atoms with Gasteiger partial charge >= 0.3 is 0 Å². The first-order valence-corrected chi connectivity index (χ1v) is 10.4. The molecule has 3 rings (SSSR count). The molecule has 2 aliphatic heterocycles. The van der Waals surface area contributed by atoms with Crippen LogP contribution in [-0.2, 0) is 27.2 Å². The van der Waals surface area contributed by atoms with Gasteiger partial charge in [0.15, 0.2) is 5.16 Å². The van der Waals surface area contributed by atoms with Gasteiger partial charge < -0.3 is 14.8 Å². The molecule has 138 valence electrons. The van der Waals surface area contributed by atoms with Gasteiger partial charge in [0.2, 0.25) is 5.91 Å². The number of thioether (sulfide) groups is 2. The van der Waals surface area contributed by atoms with Crippen LogP contribution in [0.5, 0.6) is 0 Å². The van der Waals surface area contributed by atoms with E-state index in [1.54, 1.807) is 23.4 Å². The zero-order valence-corrected chi connectivity index (χ0v) is 15.9. The summed E-state index contributed by atoms with van der Waals surface area (Å²) in [6.45, 7) is 2.20. The van der Waals surface area contributed by atoms with Crippen molar-refractivity contribution < 1.29 is 14.3 Å². The summed E-state index contributed by atoms with van der Waals surface area (Å²) in [7, 11) is 1.60. The minimum atomic E-state index is -0.0667. The monoisotopic (exact) mass is 385 g/mol. The molecule has 0 bridgehead atoms. The maximum atomic E-state index is 12.6. The molecule has 2 aliphatic rings. The quantitative estimate of drug-likeness (QED) is 0.526. The number of hydrogen-bond donors (Lipinski definition) is 1. The van der Waals surface area contributed by atoms with E-state index in [1.807, 2.05) is 0 Å². The van der Waals surface area contributed by atoms with Gasteiger partial charge in [0.1, 0.15) is 0 Å². The van der Waals surface area contributed by atoms with Gasteiger partial charge in [0.25, 0.3) is 5.56 Å². The number of carbonyl (C=O) groups excluding carboxylic acids is 1. The van der Waals surface area contributed by atoms with Gasteiger partial charge in [-0.2, -0.15) is 0 Å². The summed E-state index contributed by atoms with van der Waals surface area (Å²) in [6, 6.07) is 0. The number of fused-ring (bicyclic) bond motifs is 1. The van der Waals surface area contributed by atoms with Gasteiger partial charge in [0.05, 0.1) is 35.6 Å². The summed E-state index contributed by atoms with van der Waals surface area (Å²) in [4.78, 5) is 30.1. The molecule has 0 saturated carbocycles. The van der Waals surface area contributed by atoms with Crippen molar-refractivity contribution in [2.75, 3.05) is 38.4 Å². The SMILES string of the molecule is COCCn1c(SCC(=O)NC[C@H]2CCCO2)nc2c(c1=O)SCC2. The molecule has 1 amide bonds. The van der Waals surface area contributed by atoms with Crippen molar-refractivity contribution in [2.24, 2.45) is 0 Å². The highest BCUT2D eigenvalue weighted by molar-refractivity contribution is 8.00. The predicted octanol–water partition coefficient (Wildman–Crippen LogP) is 0.925. The Morgan fingerprint density at radius 1 is 1.56 bits per heavy atom. The molecule has 25 heavy (non-hydrogen) atoms. The standard InChI is InChI=1S/C16H23N3O4S2/c1-22-7-5-19-15(21)14-12(4-8-24-14)18-16(19)25-10-13(20)17-9-11-3-2-6-23-11/h11H,2-10H2,1H3,(H,17,20)/t11-/m1/s1. The van der Waals surface area contributed by atoms with Gasteiger partial charge in [-0.1, -0.05) is 11.8 Å². The maximum Gasteiger partial charge on any atom is 0.268 e. The second-order valence-corrected chi connectivity index (χ2v) is 7.99. The number of nitrogens with one attached hydrogen (secondary N) is 1. The molecule has 1 aromatic heterocycles. The van der Waals surface area contributed by atoms with E-state index in [0.29, 0.717) is 24.9 Å². The molecule has 0 aromatic carbocycles. The minimum Gasteiger partial charge on any atom is -0.383 e. The number of carbonyl (C=O) groups is 1. The second-order valence-electron chi connectivity index (χ2n) is 5.95. The highest BCUT2D eigenvalue weighted by Gasteiger charge is 2.22. The van der Waals surface area contributed by atoms with Crippen molar-refractivity contribution in [2.45, 2.75) is 42.0 Å². The highest BCUT2D eigenvalue weighted by atomic mass is 32.2. The number of hydrogen-bond acceptors (Lipinski definition) is 7. The van der Waals surface area contributed by atoms with E-state index >= 15 is 0 Å². The van der Waals surface area contributed by atoms with E-state index in [1.165, 1.54) is 11.8 Å². The molecule has 0 radical (unpaired) electrons. The Bertz CT molecular complexity index is 674. The molecule has 1 fully saturated rings. The zero-order chi connectivity index (χ0) is 17.6. The van der Waals surface area contributed by atoms with Crippen LogP contribution in [0.3, 0.4) is 0 Å². The fourth-order valence-electron chi connectivity index (χ4n) is 2.83. The number of aromatic nitrogens is 2. The average Bonchev–Trinajstić information content (AvgIpc) is 3.29. The molecule has 7 nitrogen and oxygen atoms in total. The number of amides is 1. The zero-order valence-electron chi connectivity index (χ0n) is 14.3. The van der Waals surface area contributed by atoms with Crippen molar-refractivity contribution in [3.8, 4) is 0 Å². The number of rotatable bonds is 8. The third-order valence-electron chi connectivity index (χ3n) is 4.15. The summed E-state index contributed by atoms with van der Waals surface area (Å²) >= 11 is 2.86. The molecular weight excluding hydrogens is 362 g/mol. The lowest BCUT2D eigenvalue weighted by atomic mass is 10.2. The third kappa shape index (κ3) is 4.78. The lowest BCUT2D eigenvalue weighted by Crippen LogP contribution is -2.33. The molecule has 1 atom stereocenters. The molecule has 3 heterocycles. The Hall–Kier alpha value is -1.03. The van der Waals surface area contributed by atoms with Gasteiger partial charge in [-0.3, -0.25) is 14.2 Å². The summed E-state index contributed by atoms with van der Waals surface area (Å²) in [5.74, 6) is 1.05. The predicted molar refractivity (Wildman–Crippen MR) is 97.5 cm³/mol. The summed E-state index contributed by atoms with van der Waals surface area (Å²) in [6.07, 6.45) is 2.98. The van der Waals surface area contributed by atoms with Crippen molar-refractivity contribution in [3.05, 3.63) is 16.0 Å². The van der Waals surface area contributed by atoms with Crippen molar-refractivity contribution in [1.29, 1.82) is 0 Å². The van der Waals surface area contributed by atoms with Crippen molar-refractivity contribution >= 4 is 29.4 Å². The topological polar surface area (TPSA) is 82.4 Å². The fourth-order valence-corrected chi connectivity index (χ4v) is 4.74. The van der Waals surface area contributed by atoms with E-state index in [9.17, 15) is 9.59 Å². The van der Waals surface area contributed by atoms with Gasteiger partial charge in [-0.15, -0.1) is 11.8 Å². The van der Waals surface area contributed by atoms with Gasteiger partial charge in [-0.25, -0.2) is 4.98 Å². The van der Waals surface area contributed by atoms with E-state index < -0.39 is 0 Å². The average molecular weight is 386 g/mol. The third-order valence-corrected chi connectivity index (χ3v) is 6.23. The molecule has 1 N–H and O–H groups in total. The lowest BCUT2D eigenvalue weighted by Gasteiger charge is -2.14. The molecule has 1 saturated heterocycles. The highest BCUT2D eigenvalue weighted by Crippen LogP contribution is 2.28. The molecule has 0 aliphatic carbocycles. The molecule has 9 heteroatoms. The number of methoxy groups -OCH3 is 1. The fraction of sp³-hybridized carbons (Fsp3) is 0.688. The van der Waals surface area contributed by atoms with E-state index in [2.05, 4.69) is 10.3 Å². The summed E-state index contributed by atoms with van der Waals surface area (Å²) < 4.78 is 12.2. The van der Waals surface area contributed by atoms with Crippen LogP contribution in [0, 0.1) is 0 Å². The van der Waals surface area contributed by atoms with Crippen LogP contribution in [0.4, 0.5) is 0 Å². The first-order chi connectivity index (χ1) is 12.2. The van der Waals surface area contributed by atoms with Crippen LogP contribution in [-0.4, -0.2) is 59.9 Å². The Morgan fingerprint density at radius 2 is 2.44 bits per heavy atom. The number of ether oxygens (including phenoxy) is 2. The van der Waals surface area contributed by atoms with Crippen LogP contribution < -0.4 is 10.9 Å². The molecular formula is C16H23N3O4S2. The van der Waals surface area contributed by atoms with Gasteiger partial charge in [-0.05, 0) is 12.8 Å². The Morgan fingerprint density at radius 3 is 3.20 bits per heavy atom. The van der Waals surface area contributed by atoms with Crippen LogP contribution in [0.1, 0.15) is 18.5 Å². The lowest BCUT2D eigenvalue weighted by molar-refractivity contribution is -0.119. The van der Waals surface area contributed by atoms with Crippen molar-refractivity contribution in [3.63, 3.8) is 0 Å². The van der Waals surface area contributed by atoms with Crippen LogP contribution in [0.25, 0.3) is 0 Å². The second kappa shape index (κ2) is 9.07. The maximum absolute atomic E-state index is 12.6. The minimum absolute atomic E-state index is 0.0215. The van der Waals surface area contributed by atoms with Crippen molar-refractivity contribution in [1.82, 2.24) is 14.9 Å². The summed E-state index contributed by atoms with van der Waals surface area (Å²) in [5, 5.41) is 3.49. The normalized spacial score (nSPS) is 19.2. The smallest absolute Gasteiger partial charge is 0.268 e. The number of aryl methyl sites for hydroxylation is 1. The molecule has 1 aromatic rings. The molecule has 0 spiro atoms. The van der Waals surface area contributed by atoms with Crippen LogP contribution >= 0.6 is 23.5 Å². The largest absolute Gasteiger partial charge is 0.383 e. The first kappa shape index (κ1) is 18.8. The Labute approximate surface area is 155 Å². The van der Waals surface area contributed by atoms with Crippen LogP contribution in [0.2, 0.25) is 0 Å². The first-order valence-electron chi connectivity index (χ1n) is 8.45. The van der Waals surface area contributed by atoms with E-state index in [-0.39, 0.29) is 23.3 Å².